The maximum absolute atomic E-state index is 12.1. The quantitative estimate of drug-likeness (QED) is 0.314. The highest BCUT2D eigenvalue weighted by molar-refractivity contribution is 14.1. The Morgan fingerprint density at radius 2 is 2.26 bits per heavy atom. The van der Waals surface area contributed by atoms with Crippen molar-refractivity contribution in [1.82, 2.24) is 5.32 Å². The van der Waals surface area contributed by atoms with E-state index in [0.717, 1.165) is 0 Å². The highest BCUT2D eigenvalue weighted by Gasteiger charge is 2.33. The smallest absolute Gasteiger partial charge is 0.330 e. The average molecular weight is 381 g/mol. The fourth-order valence-corrected chi connectivity index (χ4v) is 2.58. The molecule has 1 aliphatic rings. The fourth-order valence-electron chi connectivity index (χ4n) is 2.10. The van der Waals surface area contributed by atoms with E-state index >= 15 is 0 Å². The van der Waals surface area contributed by atoms with E-state index in [1.165, 1.54) is 0 Å². The van der Waals surface area contributed by atoms with E-state index in [1.807, 2.05) is 22.6 Å². The molecule has 0 spiro atoms. The molecular weight excluding hydrogens is 361 g/mol. The Hall–Kier alpha value is -0.630. The molecule has 0 bridgehead atoms. The van der Waals surface area contributed by atoms with Gasteiger partial charge in [-0.3, -0.25) is 4.79 Å². The second-order valence-electron chi connectivity index (χ2n) is 4.58. The first-order valence-corrected chi connectivity index (χ1v) is 7.65. The van der Waals surface area contributed by atoms with Gasteiger partial charge < -0.3 is 15.2 Å². The number of hydrogen-bond donors (Lipinski definition) is 2. The van der Waals surface area contributed by atoms with Gasteiger partial charge in [-0.05, 0) is 26.2 Å². The minimum Gasteiger partial charge on any atom is -0.464 e. The SMILES string of the molecule is C=CC(I)C(NC(=O)[C@H]1CCC(O)C1)C(=O)OCC. The molecule has 3 unspecified atom stereocenters. The molecule has 108 valence electrons. The highest BCUT2D eigenvalue weighted by Crippen LogP contribution is 2.26. The molecule has 0 aromatic carbocycles. The summed E-state index contributed by atoms with van der Waals surface area (Å²) in [6.45, 7) is 5.63. The Morgan fingerprint density at radius 1 is 1.58 bits per heavy atom. The molecular formula is C13H20INO4. The van der Waals surface area contributed by atoms with Gasteiger partial charge in [-0.25, -0.2) is 4.79 Å². The van der Waals surface area contributed by atoms with Gasteiger partial charge in [0, 0.05) is 5.92 Å². The molecule has 2 N–H and O–H groups in total. The molecule has 0 radical (unpaired) electrons. The highest BCUT2D eigenvalue weighted by atomic mass is 127. The van der Waals surface area contributed by atoms with E-state index in [0.29, 0.717) is 19.3 Å². The fraction of sp³-hybridized carbons (Fsp3) is 0.692. The Bertz CT molecular complexity index is 348. The number of esters is 1. The Kier molecular flexibility index (Phi) is 6.78. The van der Waals surface area contributed by atoms with E-state index < -0.39 is 18.1 Å². The number of carbonyl (C=O) groups is 2. The lowest BCUT2D eigenvalue weighted by molar-refractivity contribution is -0.147. The summed E-state index contributed by atoms with van der Waals surface area (Å²) in [7, 11) is 0. The molecule has 1 rings (SSSR count). The zero-order chi connectivity index (χ0) is 14.4. The van der Waals surface area contributed by atoms with Gasteiger partial charge in [0.05, 0.1) is 16.6 Å². The number of alkyl halides is 1. The summed E-state index contributed by atoms with van der Waals surface area (Å²) in [6, 6.07) is -0.719. The van der Waals surface area contributed by atoms with Crippen molar-refractivity contribution in [1.29, 1.82) is 0 Å². The van der Waals surface area contributed by atoms with Crippen LogP contribution in [0.5, 0.6) is 0 Å². The molecule has 0 heterocycles. The van der Waals surface area contributed by atoms with Gasteiger partial charge in [-0.1, -0.05) is 28.7 Å². The second-order valence-corrected chi connectivity index (χ2v) is 6.02. The first-order chi connectivity index (χ1) is 8.99. The number of rotatable bonds is 6. The van der Waals surface area contributed by atoms with Crippen LogP contribution in [0, 0.1) is 5.92 Å². The van der Waals surface area contributed by atoms with E-state index in [9.17, 15) is 14.7 Å². The van der Waals surface area contributed by atoms with E-state index in [2.05, 4.69) is 11.9 Å². The van der Waals surface area contributed by atoms with Gasteiger partial charge in [-0.2, -0.15) is 0 Å². The molecule has 4 atom stereocenters. The summed E-state index contributed by atoms with van der Waals surface area (Å²) in [5, 5.41) is 12.2. The number of aliphatic hydroxyl groups is 1. The van der Waals surface area contributed by atoms with Gasteiger partial charge in [-0.15, -0.1) is 6.58 Å². The largest absolute Gasteiger partial charge is 0.464 e. The number of ether oxygens (including phenoxy) is 1. The summed E-state index contributed by atoms with van der Waals surface area (Å²) in [5.41, 5.74) is 0. The monoisotopic (exact) mass is 381 g/mol. The van der Waals surface area contributed by atoms with Gasteiger partial charge in [0.2, 0.25) is 5.91 Å². The van der Waals surface area contributed by atoms with Crippen molar-refractivity contribution in [2.45, 2.75) is 42.3 Å². The number of hydrogen-bond acceptors (Lipinski definition) is 4. The first-order valence-electron chi connectivity index (χ1n) is 6.41. The number of nitrogens with one attached hydrogen (secondary N) is 1. The van der Waals surface area contributed by atoms with Crippen molar-refractivity contribution >= 4 is 34.5 Å². The molecule has 0 aromatic rings. The zero-order valence-electron chi connectivity index (χ0n) is 11.0. The third-order valence-electron chi connectivity index (χ3n) is 3.16. The Labute approximate surface area is 126 Å². The second kappa shape index (κ2) is 7.84. The predicted molar refractivity (Wildman–Crippen MR) is 79.9 cm³/mol. The summed E-state index contributed by atoms with van der Waals surface area (Å²) >= 11 is 2.04. The summed E-state index contributed by atoms with van der Waals surface area (Å²) in [4.78, 5) is 23.9. The maximum atomic E-state index is 12.1. The van der Waals surface area contributed by atoms with Crippen LogP contribution in [0.1, 0.15) is 26.2 Å². The van der Waals surface area contributed by atoms with Crippen molar-refractivity contribution in [3.8, 4) is 0 Å². The third kappa shape index (κ3) is 4.76. The number of carbonyl (C=O) groups excluding carboxylic acids is 2. The van der Waals surface area contributed by atoms with E-state index in [4.69, 9.17) is 4.74 Å². The van der Waals surface area contributed by atoms with Crippen LogP contribution in [0.25, 0.3) is 0 Å². The zero-order valence-corrected chi connectivity index (χ0v) is 13.1. The molecule has 0 aliphatic heterocycles. The molecule has 1 amide bonds. The van der Waals surface area contributed by atoms with Crippen LogP contribution < -0.4 is 5.32 Å². The van der Waals surface area contributed by atoms with Gasteiger partial charge in [0.25, 0.3) is 0 Å². The third-order valence-corrected chi connectivity index (χ3v) is 4.39. The van der Waals surface area contributed by atoms with Crippen LogP contribution in [0.2, 0.25) is 0 Å². The molecule has 1 saturated carbocycles. The lowest BCUT2D eigenvalue weighted by atomic mass is 10.1. The van der Waals surface area contributed by atoms with Crippen molar-refractivity contribution < 1.29 is 19.4 Å². The van der Waals surface area contributed by atoms with Crippen LogP contribution in [-0.2, 0) is 14.3 Å². The Balaban J connectivity index is 2.63. The van der Waals surface area contributed by atoms with Crippen LogP contribution in [0.15, 0.2) is 12.7 Å². The summed E-state index contributed by atoms with van der Waals surface area (Å²) in [5.74, 6) is -0.868. The predicted octanol–water partition coefficient (Wildman–Crippen LogP) is 1.18. The van der Waals surface area contributed by atoms with E-state index in [1.54, 1.807) is 13.0 Å². The molecule has 0 aromatic heterocycles. The van der Waals surface area contributed by atoms with Gasteiger partial charge in [0.15, 0.2) is 0 Å². The van der Waals surface area contributed by atoms with Crippen LogP contribution in [0.3, 0.4) is 0 Å². The maximum Gasteiger partial charge on any atom is 0.330 e. The number of aliphatic hydroxyl groups excluding tert-OH is 1. The average Bonchev–Trinajstić information content (AvgIpc) is 2.81. The van der Waals surface area contributed by atoms with Crippen molar-refractivity contribution in [2.75, 3.05) is 6.61 Å². The van der Waals surface area contributed by atoms with Crippen molar-refractivity contribution in [3.63, 3.8) is 0 Å². The van der Waals surface area contributed by atoms with Crippen molar-refractivity contribution in [2.24, 2.45) is 5.92 Å². The molecule has 1 fully saturated rings. The molecule has 19 heavy (non-hydrogen) atoms. The van der Waals surface area contributed by atoms with Gasteiger partial charge >= 0.3 is 5.97 Å². The first kappa shape index (κ1) is 16.4. The van der Waals surface area contributed by atoms with Crippen LogP contribution >= 0.6 is 22.6 Å². The van der Waals surface area contributed by atoms with Crippen molar-refractivity contribution in [3.05, 3.63) is 12.7 Å². The van der Waals surface area contributed by atoms with Gasteiger partial charge in [0.1, 0.15) is 6.04 Å². The number of amides is 1. The minimum absolute atomic E-state index is 0.196. The standard InChI is InChI=1S/C13H20INO4/c1-3-10(14)11(13(18)19-4-2)15-12(17)8-5-6-9(16)7-8/h3,8-11,16H,1,4-7H2,2H3,(H,15,17)/t8-,9?,10?,11?/m0/s1. The summed E-state index contributed by atoms with van der Waals surface area (Å²) in [6.07, 6.45) is 2.94. The van der Waals surface area contributed by atoms with Crippen LogP contribution in [0.4, 0.5) is 0 Å². The topological polar surface area (TPSA) is 75.6 Å². The molecule has 6 heteroatoms. The normalized spacial score (nSPS) is 25.4. The lowest BCUT2D eigenvalue weighted by Gasteiger charge is -2.21. The lowest BCUT2D eigenvalue weighted by Crippen LogP contribution is -2.48. The summed E-state index contributed by atoms with van der Waals surface area (Å²) < 4.78 is 4.73. The number of halogens is 1. The van der Waals surface area contributed by atoms with Crippen LogP contribution in [-0.4, -0.2) is 39.7 Å². The van der Waals surface area contributed by atoms with E-state index in [-0.39, 0.29) is 22.4 Å². The minimum atomic E-state index is -0.719. The molecule has 5 nitrogen and oxygen atoms in total. The Morgan fingerprint density at radius 3 is 2.74 bits per heavy atom. The molecule has 0 saturated heterocycles. The molecule has 1 aliphatic carbocycles.